The van der Waals surface area contributed by atoms with Crippen molar-refractivity contribution in [1.29, 1.82) is 0 Å². The second kappa shape index (κ2) is 3.46. The summed E-state index contributed by atoms with van der Waals surface area (Å²) in [6.45, 7) is -0.408. The van der Waals surface area contributed by atoms with Crippen molar-refractivity contribution in [1.82, 2.24) is 14.6 Å². The molecule has 0 radical (unpaired) electrons. The lowest BCUT2D eigenvalue weighted by molar-refractivity contribution is 0.276. The standard InChI is InChI=1S/C11H7F2N3O/c12-7-3-15-16-8-2-1-6(5-17)10(13)11(8)14-4-9(7)16/h1-4,17H,5H2. The maximum atomic E-state index is 13.8. The number of benzene rings is 1. The minimum absolute atomic E-state index is 0.0622. The summed E-state index contributed by atoms with van der Waals surface area (Å²) in [5.74, 6) is -1.12. The van der Waals surface area contributed by atoms with Gasteiger partial charge in [0.15, 0.2) is 11.6 Å². The van der Waals surface area contributed by atoms with Crippen molar-refractivity contribution >= 4 is 16.6 Å². The molecule has 2 aromatic heterocycles. The van der Waals surface area contributed by atoms with E-state index in [9.17, 15) is 8.78 Å². The van der Waals surface area contributed by atoms with Crippen LogP contribution in [0.4, 0.5) is 8.78 Å². The van der Waals surface area contributed by atoms with Gasteiger partial charge in [0, 0.05) is 5.56 Å². The van der Waals surface area contributed by atoms with E-state index in [-0.39, 0.29) is 16.6 Å². The maximum Gasteiger partial charge on any atom is 0.170 e. The van der Waals surface area contributed by atoms with Crippen LogP contribution in [-0.2, 0) is 6.61 Å². The summed E-state index contributed by atoms with van der Waals surface area (Å²) in [6.07, 6.45) is 2.27. The van der Waals surface area contributed by atoms with E-state index in [4.69, 9.17) is 5.11 Å². The van der Waals surface area contributed by atoms with Gasteiger partial charge in [-0.05, 0) is 6.07 Å². The molecule has 17 heavy (non-hydrogen) atoms. The zero-order chi connectivity index (χ0) is 12.0. The van der Waals surface area contributed by atoms with Crippen molar-refractivity contribution in [2.45, 2.75) is 6.61 Å². The first-order valence-electron chi connectivity index (χ1n) is 4.92. The molecule has 0 spiro atoms. The highest BCUT2D eigenvalue weighted by Crippen LogP contribution is 2.21. The number of aliphatic hydroxyl groups is 1. The monoisotopic (exact) mass is 235 g/mol. The van der Waals surface area contributed by atoms with Gasteiger partial charge in [-0.3, -0.25) is 0 Å². The summed E-state index contributed by atoms with van der Waals surface area (Å²) in [4.78, 5) is 3.86. The van der Waals surface area contributed by atoms with E-state index in [1.807, 2.05) is 0 Å². The van der Waals surface area contributed by atoms with E-state index in [0.717, 1.165) is 6.20 Å². The molecule has 86 valence electrons. The molecule has 1 aromatic carbocycles. The van der Waals surface area contributed by atoms with Crippen LogP contribution < -0.4 is 0 Å². The second-order valence-electron chi connectivity index (χ2n) is 3.61. The van der Waals surface area contributed by atoms with E-state index in [1.165, 1.54) is 16.8 Å². The van der Waals surface area contributed by atoms with Gasteiger partial charge in [0.05, 0.1) is 24.5 Å². The van der Waals surface area contributed by atoms with Gasteiger partial charge in [-0.2, -0.15) is 5.10 Å². The lowest BCUT2D eigenvalue weighted by atomic mass is 10.2. The Kier molecular flexibility index (Phi) is 2.05. The smallest absolute Gasteiger partial charge is 0.170 e. The van der Waals surface area contributed by atoms with Crippen LogP contribution in [0.25, 0.3) is 16.6 Å². The summed E-state index contributed by atoms with van der Waals surface area (Å²) in [5, 5.41) is 12.8. The van der Waals surface area contributed by atoms with Gasteiger partial charge in [-0.1, -0.05) is 6.07 Å². The van der Waals surface area contributed by atoms with Crippen LogP contribution in [0.1, 0.15) is 5.56 Å². The van der Waals surface area contributed by atoms with Gasteiger partial charge >= 0.3 is 0 Å². The molecule has 0 aliphatic carbocycles. The molecular weight excluding hydrogens is 228 g/mol. The highest BCUT2D eigenvalue weighted by atomic mass is 19.1. The SMILES string of the molecule is OCc1ccc2c(ncc3c(F)cnn32)c1F. The molecule has 0 aliphatic rings. The summed E-state index contributed by atoms with van der Waals surface area (Å²) in [7, 11) is 0. The van der Waals surface area contributed by atoms with Gasteiger partial charge in [0.2, 0.25) is 0 Å². The van der Waals surface area contributed by atoms with Crippen LogP contribution in [0.2, 0.25) is 0 Å². The van der Waals surface area contributed by atoms with E-state index < -0.39 is 18.2 Å². The number of fused-ring (bicyclic) bond motifs is 3. The molecule has 0 saturated heterocycles. The molecule has 3 aromatic rings. The molecule has 0 saturated carbocycles. The Morgan fingerprint density at radius 1 is 1.18 bits per heavy atom. The van der Waals surface area contributed by atoms with Crippen molar-refractivity contribution in [2.24, 2.45) is 0 Å². The van der Waals surface area contributed by atoms with Crippen LogP contribution in [0.15, 0.2) is 24.5 Å². The van der Waals surface area contributed by atoms with E-state index >= 15 is 0 Å². The Morgan fingerprint density at radius 3 is 2.76 bits per heavy atom. The molecule has 1 N–H and O–H groups in total. The van der Waals surface area contributed by atoms with Crippen molar-refractivity contribution in [3.05, 3.63) is 41.7 Å². The van der Waals surface area contributed by atoms with Gasteiger partial charge in [0.1, 0.15) is 11.0 Å². The van der Waals surface area contributed by atoms with Crippen LogP contribution in [0.3, 0.4) is 0 Å². The Balaban J connectivity index is 2.48. The number of halogens is 2. The number of rotatable bonds is 1. The van der Waals surface area contributed by atoms with Crippen molar-refractivity contribution < 1.29 is 13.9 Å². The average molecular weight is 235 g/mol. The minimum atomic E-state index is -0.609. The Morgan fingerprint density at radius 2 is 2.00 bits per heavy atom. The van der Waals surface area contributed by atoms with Crippen molar-refractivity contribution in [3.63, 3.8) is 0 Å². The highest BCUT2D eigenvalue weighted by molar-refractivity contribution is 5.79. The summed E-state index contributed by atoms with van der Waals surface area (Å²) in [5.41, 5.74) is 0.763. The third-order valence-electron chi connectivity index (χ3n) is 2.65. The molecule has 0 atom stereocenters. The number of aliphatic hydroxyl groups excluding tert-OH is 1. The molecule has 3 rings (SSSR count). The molecule has 2 heterocycles. The highest BCUT2D eigenvalue weighted by Gasteiger charge is 2.12. The van der Waals surface area contributed by atoms with Crippen LogP contribution in [0.5, 0.6) is 0 Å². The number of hydrogen-bond acceptors (Lipinski definition) is 3. The topological polar surface area (TPSA) is 50.4 Å². The first-order valence-corrected chi connectivity index (χ1v) is 4.92. The number of aromatic nitrogens is 3. The van der Waals surface area contributed by atoms with Crippen LogP contribution >= 0.6 is 0 Å². The second-order valence-corrected chi connectivity index (χ2v) is 3.61. The van der Waals surface area contributed by atoms with Crippen LogP contribution in [0, 0.1) is 11.6 Å². The first-order chi connectivity index (χ1) is 8.22. The first kappa shape index (κ1) is 10.1. The van der Waals surface area contributed by atoms with Crippen molar-refractivity contribution in [3.8, 4) is 0 Å². The lowest BCUT2D eigenvalue weighted by Crippen LogP contribution is -1.98. The molecular formula is C11H7F2N3O. The molecule has 0 fully saturated rings. The quantitative estimate of drug-likeness (QED) is 0.697. The Bertz CT molecular complexity index is 723. The molecule has 4 nitrogen and oxygen atoms in total. The Hall–Kier alpha value is -2.08. The predicted molar refractivity (Wildman–Crippen MR) is 56.3 cm³/mol. The number of hydrogen-bond donors (Lipinski definition) is 1. The predicted octanol–water partition coefficient (Wildman–Crippen LogP) is 1.65. The van der Waals surface area contributed by atoms with Gasteiger partial charge in [0.25, 0.3) is 0 Å². The summed E-state index contributed by atoms with van der Waals surface area (Å²) in [6, 6.07) is 2.98. The number of nitrogens with zero attached hydrogens (tertiary/aromatic N) is 3. The average Bonchev–Trinajstić information content (AvgIpc) is 2.72. The molecule has 6 heteroatoms. The van der Waals surface area contributed by atoms with Crippen LogP contribution in [-0.4, -0.2) is 19.7 Å². The Labute approximate surface area is 94.1 Å². The molecule has 0 unspecified atom stereocenters. The van der Waals surface area contributed by atoms with E-state index in [1.54, 1.807) is 6.07 Å². The van der Waals surface area contributed by atoms with E-state index in [2.05, 4.69) is 10.1 Å². The molecule has 0 bridgehead atoms. The third-order valence-corrected chi connectivity index (χ3v) is 2.65. The summed E-state index contributed by atoms with van der Waals surface area (Å²) < 4.78 is 28.4. The molecule has 0 aliphatic heterocycles. The van der Waals surface area contributed by atoms with Gasteiger partial charge in [-0.25, -0.2) is 18.3 Å². The molecule has 0 amide bonds. The largest absolute Gasteiger partial charge is 0.392 e. The summed E-state index contributed by atoms with van der Waals surface area (Å²) >= 11 is 0. The normalized spacial score (nSPS) is 11.5. The van der Waals surface area contributed by atoms with Crippen molar-refractivity contribution in [2.75, 3.05) is 0 Å². The fourth-order valence-electron chi connectivity index (χ4n) is 1.78. The zero-order valence-electron chi connectivity index (χ0n) is 8.56. The fourth-order valence-corrected chi connectivity index (χ4v) is 1.78. The third kappa shape index (κ3) is 1.31. The minimum Gasteiger partial charge on any atom is -0.392 e. The van der Waals surface area contributed by atoms with E-state index in [0.29, 0.717) is 5.52 Å². The van der Waals surface area contributed by atoms with Gasteiger partial charge < -0.3 is 5.11 Å². The maximum absolute atomic E-state index is 13.8. The fraction of sp³-hybridized carbons (Fsp3) is 0.0909. The zero-order valence-corrected chi connectivity index (χ0v) is 8.56. The van der Waals surface area contributed by atoms with Gasteiger partial charge in [-0.15, -0.1) is 0 Å². The lowest BCUT2D eigenvalue weighted by Gasteiger charge is -2.04.